The van der Waals surface area contributed by atoms with Gasteiger partial charge in [-0.15, -0.1) is 0 Å². The largest absolute Gasteiger partial charge is 0.337 e. The average Bonchev–Trinajstić information content (AvgIpc) is 3.35. The van der Waals surface area contributed by atoms with Gasteiger partial charge in [-0.25, -0.2) is 4.99 Å². The number of carbonyl (C=O) groups is 1. The standard InChI is InChI=1S/C25H21N5OS2/c1-3-30-23(31)22(24-29(2)20-11-7-8-12-21(20)32-24)33-25(30)26-17-13-15-19(16-14-17)28-27-18-9-5-4-6-10-18/h4-16H,3H2,1-2H3. The van der Waals surface area contributed by atoms with Crippen molar-refractivity contribution in [2.45, 2.75) is 11.8 Å². The third-order valence-electron chi connectivity index (χ3n) is 5.22. The van der Waals surface area contributed by atoms with Gasteiger partial charge in [-0.3, -0.25) is 9.69 Å². The molecule has 2 heterocycles. The zero-order valence-corrected chi connectivity index (χ0v) is 19.8. The maximum absolute atomic E-state index is 13.2. The normalized spacial score (nSPS) is 19.2. The lowest BCUT2D eigenvalue weighted by Gasteiger charge is -2.15. The van der Waals surface area contributed by atoms with E-state index in [-0.39, 0.29) is 5.91 Å². The van der Waals surface area contributed by atoms with Crippen LogP contribution in [0.2, 0.25) is 0 Å². The van der Waals surface area contributed by atoms with Crippen LogP contribution in [0.25, 0.3) is 0 Å². The number of amides is 1. The molecule has 0 bridgehead atoms. The minimum Gasteiger partial charge on any atom is -0.337 e. The fourth-order valence-electron chi connectivity index (χ4n) is 3.51. The van der Waals surface area contributed by atoms with Crippen molar-refractivity contribution in [1.82, 2.24) is 4.90 Å². The number of rotatable bonds is 4. The predicted molar refractivity (Wildman–Crippen MR) is 137 cm³/mol. The number of anilines is 1. The molecule has 0 saturated carbocycles. The second kappa shape index (κ2) is 9.25. The van der Waals surface area contributed by atoms with Gasteiger partial charge >= 0.3 is 0 Å². The number of aliphatic imine (C=N–C) groups is 1. The summed E-state index contributed by atoms with van der Waals surface area (Å²) >= 11 is 3.06. The monoisotopic (exact) mass is 471 g/mol. The number of thioether (sulfide) groups is 2. The van der Waals surface area contributed by atoms with Gasteiger partial charge < -0.3 is 4.90 Å². The highest BCUT2D eigenvalue weighted by atomic mass is 32.2. The maximum Gasteiger partial charge on any atom is 0.269 e. The molecule has 8 heteroatoms. The third kappa shape index (κ3) is 4.31. The van der Waals surface area contributed by atoms with Crippen molar-refractivity contribution in [2.24, 2.45) is 15.2 Å². The summed E-state index contributed by atoms with van der Waals surface area (Å²) in [6.45, 7) is 2.53. The molecule has 3 aromatic rings. The van der Waals surface area contributed by atoms with E-state index in [0.29, 0.717) is 16.6 Å². The first kappa shape index (κ1) is 21.5. The first-order valence-electron chi connectivity index (χ1n) is 10.5. The van der Waals surface area contributed by atoms with Gasteiger partial charge in [-0.05, 0) is 67.2 Å². The highest BCUT2D eigenvalue weighted by molar-refractivity contribution is 8.19. The summed E-state index contributed by atoms with van der Waals surface area (Å²) in [5.41, 5.74) is 3.44. The summed E-state index contributed by atoms with van der Waals surface area (Å²) in [5, 5.41) is 10.2. The number of hydrogen-bond acceptors (Lipinski definition) is 7. The number of fused-ring (bicyclic) bond motifs is 1. The number of hydrogen-bond donors (Lipinski definition) is 0. The number of azo groups is 1. The molecule has 6 nitrogen and oxygen atoms in total. The molecule has 5 rings (SSSR count). The molecule has 0 spiro atoms. The first-order chi connectivity index (χ1) is 16.1. The molecule has 3 aromatic carbocycles. The Morgan fingerprint density at radius 1 is 0.788 bits per heavy atom. The van der Waals surface area contributed by atoms with Crippen LogP contribution in [0.4, 0.5) is 22.7 Å². The van der Waals surface area contributed by atoms with Crippen LogP contribution in [0.5, 0.6) is 0 Å². The SMILES string of the molecule is CCN1C(=O)C(=C2Sc3ccccc3N2C)SC1=Nc1ccc(N=Nc2ccccc2)cc1. The van der Waals surface area contributed by atoms with Crippen molar-refractivity contribution in [2.75, 3.05) is 18.5 Å². The lowest BCUT2D eigenvalue weighted by molar-refractivity contribution is -0.122. The van der Waals surface area contributed by atoms with E-state index in [1.807, 2.05) is 80.7 Å². The Bertz CT molecular complexity index is 1290. The van der Waals surface area contributed by atoms with E-state index < -0.39 is 0 Å². The van der Waals surface area contributed by atoms with E-state index in [9.17, 15) is 4.79 Å². The van der Waals surface area contributed by atoms with Gasteiger partial charge in [-0.2, -0.15) is 10.2 Å². The zero-order valence-electron chi connectivity index (χ0n) is 18.2. The van der Waals surface area contributed by atoms with E-state index in [2.05, 4.69) is 27.3 Å². The number of para-hydroxylation sites is 1. The summed E-state index contributed by atoms with van der Waals surface area (Å²) in [7, 11) is 2.00. The Hall–Kier alpha value is -3.36. The van der Waals surface area contributed by atoms with Crippen LogP contribution < -0.4 is 4.90 Å². The van der Waals surface area contributed by atoms with Gasteiger partial charge in [0.1, 0.15) is 4.91 Å². The molecule has 1 saturated heterocycles. The minimum absolute atomic E-state index is 0.00307. The molecule has 0 aliphatic carbocycles. The van der Waals surface area contributed by atoms with E-state index in [1.54, 1.807) is 16.7 Å². The van der Waals surface area contributed by atoms with Crippen molar-refractivity contribution in [3.63, 3.8) is 0 Å². The van der Waals surface area contributed by atoms with E-state index >= 15 is 0 Å². The molecule has 164 valence electrons. The molecule has 1 fully saturated rings. The first-order valence-corrected chi connectivity index (χ1v) is 12.2. The van der Waals surface area contributed by atoms with Gasteiger partial charge in [0.05, 0.1) is 27.8 Å². The predicted octanol–water partition coefficient (Wildman–Crippen LogP) is 7.10. The Morgan fingerprint density at radius 2 is 1.42 bits per heavy atom. The fraction of sp³-hybridized carbons (Fsp3) is 0.120. The number of nitrogens with zero attached hydrogens (tertiary/aromatic N) is 5. The Balaban J connectivity index is 1.39. The van der Waals surface area contributed by atoms with Gasteiger partial charge in [0, 0.05) is 18.5 Å². The topological polar surface area (TPSA) is 60.6 Å². The summed E-state index contributed by atoms with van der Waals surface area (Å²) in [4.78, 5) is 23.6. The Labute approximate surface area is 201 Å². The lowest BCUT2D eigenvalue weighted by Crippen LogP contribution is -2.29. The quantitative estimate of drug-likeness (QED) is 0.301. The van der Waals surface area contributed by atoms with Gasteiger partial charge in [0.25, 0.3) is 5.91 Å². The van der Waals surface area contributed by atoms with Gasteiger partial charge in [0.2, 0.25) is 0 Å². The molecule has 0 aromatic heterocycles. The summed E-state index contributed by atoms with van der Waals surface area (Å²) in [6, 6.07) is 25.3. The van der Waals surface area contributed by atoms with Crippen molar-refractivity contribution in [3.05, 3.63) is 88.8 Å². The van der Waals surface area contributed by atoms with Gasteiger partial charge in [0.15, 0.2) is 5.17 Å². The summed E-state index contributed by atoms with van der Waals surface area (Å²) < 4.78 is 0. The molecular weight excluding hydrogens is 450 g/mol. The van der Waals surface area contributed by atoms with Crippen LogP contribution in [0.15, 0.2) is 109 Å². The lowest BCUT2D eigenvalue weighted by atomic mass is 10.3. The molecule has 0 radical (unpaired) electrons. The number of carbonyl (C=O) groups excluding carboxylic acids is 1. The number of likely N-dealkylation sites (N-methyl/N-ethyl adjacent to an activating group) is 1. The Morgan fingerprint density at radius 3 is 2.12 bits per heavy atom. The van der Waals surface area contributed by atoms with Crippen LogP contribution >= 0.6 is 23.5 Å². The molecule has 0 unspecified atom stereocenters. The molecular formula is C25H21N5OS2. The maximum atomic E-state index is 13.2. The van der Waals surface area contributed by atoms with Crippen molar-refractivity contribution in [1.29, 1.82) is 0 Å². The second-order valence-electron chi connectivity index (χ2n) is 7.36. The molecule has 2 aliphatic heterocycles. The van der Waals surface area contributed by atoms with Crippen molar-refractivity contribution < 1.29 is 4.79 Å². The molecule has 0 atom stereocenters. The molecule has 2 aliphatic rings. The molecule has 0 N–H and O–H groups in total. The highest BCUT2D eigenvalue weighted by Crippen LogP contribution is 2.49. The van der Waals surface area contributed by atoms with Crippen molar-refractivity contribution >= 4 is 57.3 Å². The third-order valence-corrected chi connectivity index (χ3v) is 7.66. The van der Waals surface area contributed by atoms with E-state index in [0.717, 1.165) is 32.7 Å². The summed E-state index contributed by atoms with van der Waals surface area (Å²) in [6.07, 6.45) is 0. The van der Waals surface area contributed by atoms with Crippen molar-refractivity contribution in [3.8, 4) is 0 Å². The van der Waals surface area contributed by atoms with E-state index in [1.165, 1.54) is 11.8 Å². The van der Waals surface area contributed by atoms with Crippen LogP contribution in [0.1, 0.15) is 6.92 Å². The van der Waals surface area contributed by atoms with Crippen LogP contribution in [-0.4, -0.2) is 29.6 Å². The van der Waals surface area contributed by atoms with E-state index in [4.69, 9.17) is 4.99 Å². The molecule has 33 heavy (non-hydrogen) atoms. The second-order valence-corrected chi connectivity index (χ2v) is 9.37. The van der Waals surface area contributed by atoms with Crippen LogP contribution in [0, 0.1) is 0 Å². The zero-order chi connectivity index (χ0) is 22.8. The number of amidine groups is 1. The van der Waals surface area contributed by atoms with Crippen LogP contribution in [0.3, 0.4) is 0 Å². The average molecular weight is 472 g/mol. The fourth-order valence-corrected chi connectivity index (χ4v) is 5.92. The Kier molecular flexibility index (Phi) is 6.02. The minimum atomic E-state index is -0.00307. The highest BCUT2D eigenvalue weighted by Gasteiger charge is 2.38. The smallest absolute Gasteiger partial charge is 0.269 e. The molecule has 1 amide bonds. The van der Waals surface area contributed by atoms with Gasteiger partial charge in [-0.1, -0.05) is 42.1 Å². The summed E-state index contributed by atoms with van der Waals surface area (Å²) in [5.74, 6) is -0.00307. The van der Waals surface area contributed by atoms with Crippen LogP contribution in [-0.2, 0) is 4.79 Å². The number of benzene rings is 3.